The number of carbonyl (C=O) groups is 1. The maximum Gasteiger partial charge on any atom is 0.314 e. The third-order valence-electron chi connectivity index (χ3n) is 7.52. The van der Waals surface area contributed by atoms with Crippen molar-refractivity contribution in [3.63, 3.8) is 0 Å². The first-order valence-corrected chi connectivity index (χ1v) is 12.5. The summed E-state index contributed by atoms with van der Waals surface area (Å²) in [4.78, 5) is 12.5. The smallest absolute Gasteiger partial charge is 0.314 e. The third-order valence-corrected chi connectivity index (χ3v) is 7.52. The van der Waals surface area contributed by atoms with E-state index in [4.69, 9.17) is 4.74 Å². The molecule has 2 saturated carbocycles. The number of ether oxygens (including phenoxy) is 1. The molecule has 1 aromatic rings. The van der Waals surface area contributed by atoms with Crippen molar-refractivity contribution in [1.29, 1.82) is 0 Å². The molecule has 2 aliphatic rings. The molecule has 1 aromatic carbocycles. The number of esters is 1. The van der Waals surface area contributed by atoms with E-state index in [0.717, 1.165) is 42.8 Å². The predicted octanol–water partition coefficient (Wildman–Crippen LogP) is 7.74. The van der Waals surface area contributed by atoms with Crippen LogP contribution in [-0.4, -0.2) is 5.97 Å². The lowest BCUT2D eigenvalue weighted by Gasteiger charge is -2.28. The summed E-state index contributed by atoms with van der Waals surface area (Å²) >= 11 is 0. The van der Waals surface area contributed by atoms with Gasteiger partial charge in [0, 0.05) is 0 Å². The summed E-state index contributed by atoms with van der Waals surface area (Å²) in [5.41, 5.74) is 1.38. The van der Waals surface area contributed by atoms with Crippen LogP contribution in [0.4, 0.5) is 0 Å². The molecule has 0 atom stereocenters. The molecule has 0 aliphatic heterocycles. The minimum atomic E-state index is -0.0171. The Morgan fingerprint density at radius 3 is 1.76 bits per heavy atom. The van der Waals surface area contributed by atoms with Gasteiger partial charge in [-0.05, 0) is 74.0 Å². The highest BCUT2D eigenvalue weighted by atomic mass is 16.5. The minimum absolute atomic E-state index is 0.0171. The average molecular weight is 399 g/mol. The number of carbonyl (C=O) groups excluding carboxylic acids is 1. The van der Waals surface area contributed by atoms with Crippen LogP contribution in [0.2, 0.25) is 0 Å². The first-order valence-electron chi connectivity index (χ1n) is 12.5. The molecule has 0 spiro atoms. The molecule has 2 nitrogen and oxygen atoms in total. The minimum Gasteiger partial charge on any atom is -0.426 e. The Labute approximate surface area is 178 Å². The van der Waals surface area contributed by atoms with Crippen molar-refractivity contribution in [3.05, 3.63) is 29.8 Å². The lowest BCUT2D eigenvalue weighted by Crippen LogP contribution is -2.25. The van der Waals surface area contributed by atoms with Crippen molar-refractivity contribution in [1.82, 2.24) is 0 Å². The summed E-state index contributed by atoms with van der Waals surface area (Å²) < 4.78 is 5.69. The van der Waals surface area contributed by atoms with Crippen LogP contribution < -0.4 is 4.74 Å². The van der Waals surface area contributed by atoms with Gasteiger partial charge >= 0.3 is 5.97 Å². The molecule has 2 heteroatoms. The molecule has 0 N–H and O–H groups in total. The molecule has 29 heavy (non-hydrogen) atoms. The van der Waals surface area contributed by atoms with Crippen LogP contribution >= 0.6 is 0 Å². The van der Waals surface area contributed by atoms with Crippen molar-refractivity contribution in [3.8, 4) is 5.75 Å². The highest BCUT2D eigenvalue weighted by Crippen LogP contribution is 2.34. The SMILES string of the molecule is CCCC1CCC(CCc2ccc(OC(=O)C3CCC(CCC)CC3)cc2)CC1. The molecule has 0 saturated heterocycles. The van der Waals surface area contributed by atoms with Gasteiger partial charge in [-0.15, -0.1) is 0 Å². The molecule has 0 unspecified atom stereocenters. The van der Waals surface area contributed by atoms with E-state index < -0.39 is 0 Å². The second-order valence-electron chi connectivity index (χ2n) is 9.79. The first kappa shape index (κ1) is 22.4. The van der Waals surface area contributed by atoms with Crippen molar-refractivity contribution in [2.24, 2.45) is 23.7 Å². The third kappa shape index (κ3) is 7.15. The van der Waals surface area contributed by atoms with Gasteiger partial charge in [0.1, 0.15) is 5.75 Å². The van der Waals surface area contributed by atoms with Crippen molar-refractivity contribution < 1.29 is 9.53 Å². The maximum absolute atomic E-state index is 12.5. The zero-order valence-electron chi connectivity index (χ0n) is 18.8. The Hall–Kier alpha value is -1.31. The van der Waals surface area contributed by atoms with Crippen LogP contribution in [0.15, 0.2) is 24.3 Å². The van der Waals surface area contributed by atoms with E-state index in [1.165, 1.54) is 76.2 Å². The Kier molecular flexibility index (Phi) is 9.08. The number of benzene rings is 1. The van der Waals surface area contributed by atoms with Gasteiger partial charge in [0.2, 0.25) is 0 Å². The maximum atomic E-state index is 12.5. The molecular weight excluding hydrogens is 356 g/mol. The van der Waals surface area contributed by atoms with Crippen LogP contribution in [0.25, 0.3) is 0 Å². The highest BCUT2D eigenvalue weighted by molar-refractivity contribution is 5.75. The quantitative estimate of drug-likeness (QED) is 0.314. The van der Waals surface area contributed by atoms with Crippen molar-refractivity contribution in [2.45, 2.75) is 104 Å². The first-order chi connectivity index (χ1) is 14.2. The summed E-state index contributed by atoms with van der Waals surface area (Å²) in [5.74, 6) is 3.53. The molecule has 0 heterocycles. The van der Waals surface area contributed by atoms with Crippen LogP contribution in [0.5, 0.6) is 5.75 Å². The van der Waals surface area contributed by atoms with Crippen molar-refractivity contribution >= 4 is 5.97 Å². The Morgan fingerprint density at radius 1 is 0.759 bits per heavy atom. The van der Waals surface area contributed by atoms with E-state index in [1.807, 2.05) is 12.1 Å². The van der Waals surface area contributed by atoms with E-state index >= 15 is 0 Å². The molecule has 2 fully saturated rings. The second-order valence-corrected chi connectivity index (χ2v) is 9.79. The Bertz CT molecular complexity index is 589. The van der Waals surface area contributed by atoms with E-state index in [-0.39, 0.29) is 11.9 Å². The van der Waals surface area contributed by atoms with Crippen LogP contribution in [0, 0.1) is 23.7 Å². The van der Waals surface area contributed by atoms with E-state index in [9.17, 15) is 4.79 Å². The normalized spacial score (nSPS) is 27.5. The fourth-order valence-electron chi connectivity index (χ4n) is 5.61. The van der Waals surface area contributed by atoms with Gasteiger partial charge in [0.25, 0.3) is 0 Å². The van der Waals surface area contributed by atoms with Gasteiger partial charge in [0.05, 0.1) is 5.92 Å². The molecule has 2 aliphatic carbocycles. The molecule has 0 bridgehead atoms. The fourth-order valence-corrected chi connectivity index (χ4v) is 5.61. The number of aryl methyl sites for hydroxylation is 1. The number of hydrogen-bond donors (Lipinski definition) is 0. The zero-order chi connectivity index (χ0) is 20.5. The molecule has 0 amide bonds. The summed E-state index contributed by atoms with van der Waals surface area (Å²) in [7, 11) is 0. The van der Waals surface area contributed by atoms with Crippen LogP contribution in [0.1, 0.15) is 103 Å². The number of rotatable bonds is 9. The number of hydrogen-bond acceptors (Lipinski definition) is 2. The van der Waals surface area contributed by atoms with Gasteiger partial charge in [-0.1, -0.05) is 77.3 Å². The fraction of sp³-hybridized carbons (Fsp3) is 0.741. The monoisotopic (exact) mass is 398 g/mol. The largest absolute Gasteiger partial charge is 0.426 e. The standard InChI is InChI=1S/C27H42O2/c1-3-5-21-7-9-23(10-8-21)11-12-24-15-19-26(20-16-24)29-27(28)25-17-13-22(6-4-2)14-18-25/h15-16,19-23,25H,3-14,17-18H2,1-2H3. The van der Waals surface area contributed by atoms with E-state index in [1.54, 1.807) is 0 Å². The van der Waals surface area contributed by atoms with Gasteiger partial charge in [0.15, 0.2) is 0 Å². The lowest BCUT2D eigenvalue weighted by atomic mass is 9.78. The van der Waals surface area contributed by atoms with E-state index in [2.05, 4.69) is 26.0 Å². The average Bonchev–Trinajstić information content (AvgIpc) is 2.75. The van der Waals surface area contributed by atoms with Gasteiger partial charge in [-0.2, -0.15) is 0 Å². The highest BCUT2D eigenvalue weighted by Gasteiger charge is 2.27. The summed E-state index contributed by atoms with van der Waals surface area (Å²) in [6.07, 6.45) is 17.9. The van der Waals surface area contributed by atoms with Crippen LogP contribution in [0.3, 0.4) is 0 Å². The summed E-state index contributed by atoms with van der Waals surface area (Å²) in [6.45, 7) is 4.56. The predicted molar refractivity (Wildman–Crippen MR) is 121 cm³/mol. The van der Waals surface area contributed by atoms with Crippen molar-refractivity contribution in [2.75, 3.05) is 0 Å². The Morgan fingerprint density at radius 2 is 1.24 bits per heavy atom. The Balaban J connectivity index is 1.37. The molecule has 3 rings (SSSR count). The van der Waals surface area contributed by atoms with Gasteiger partial charge in [-0.3, -0.25) is 4.79 Å². The lowest BCUT2D eigenvalue weighted by molar-refractivity contribution is -0.140. The van der Waals surface area contributed by atoms with E-state index in [0.29, 0.717) is 0 Å². The molecule has 0 aromatic heterocycles. The summed E-state index contributed by atoms with van der Waals surface area (Å²) in [6, 6.07) is 8.30. The second kappa shape index (κ2) is 11.8. The van der Waals surface area contributed by atoms with Gasteiger partial charge in [-0.25, -0.2) is 0 Å². The molecule has 0 radical (unpaired) electrons. The topological polar surface area (TPSA) is 26.3 Å². The zero-order valence-corrected chi connectivity index (χ0v) is 18.8. The molecular formula is C27H42O2. The van der Waals surface area contributed by atoms with Crippen LogP contribution in [-0.2, 0) is 11.2 Å². The summed E-state index contributed by atoms with van der Waals surface area (Å²) in [5, 5.41) is 0. The molecule has 162 valence electrons. The van der Waals surface area contributed by atoms with Gasteiger partial charge < -0.3 is 4.74 Å².